The molecule has 96 valence electrons. The lowest BCUT2D eigenvalue weighted by molar-refractivity contribution is 0.535. The molecule has 1 aliphatic rings. The van der Waals surface area contributed by atoms with E-state index in [1.807, 2.05) is 0 Å². The molecule has 0 amide bonds. The van der Waals surface area contributed by atoms with Crippen LogP contribution < -0.4 is 5.32 Å². The standard InChI is InChI=1S/C13H23N3S/c1-9-5-6-10(7-9)8-14-12-15-11(16-17-12)13(2,3)4/h9-10H,5-8H2,1-4H3,(H,14,15,16). The molecular weight excluding hydrogens is 230 g/mol. The first-order chi connectivity index (χ1) is 7.95. The molecule has 2 atom stereocenters. The number of nitrogens with zero attached hydrogens (tertiary/aromatic N) is 2. The van der Waals surface area contributed by atoms with E-state index in [1.165, 1.54) is 30.8 Å². The molecule has 1 aromatic heterocycles. The Balaban J connectivity index is 1.85. The van der Waals surface area contributed by atoms with E-state index in [0.717, 1.165) is 29.3 Å². The van der Waals surface area contributed by atoms with Crippen LogP contribution in [0.15, 0.2) is 0 Å². The van der Waals surface area contributed by atoms with Crippen molar-refractivity contribution in [1.29, 1.82) is 0 Å². The molecule has 1 heterocycles. The largest absolute Gasteiger partial charge is 0.360 e. The molecule has 0 radical (unpaired) electrons. The van der Waals surface area contributed by atoms with Gasteiger partial charge >= 0.3 is 0 Å². The van der Waals surface area contributed by atoms with Crippen molar-refractivity contribution in [3.63, 3.8) is 0 Å². The lowest BCUT2D eigenvalue weighted by Crippen LogP contribution is -2.14. The third-order valence-electron chi connectivity index (χ3n) is 3.44. The summed E-state index contributed by atoms with van der Waals surface area (Å²) in [6.07, 6.45) is 4.10. The molecule has 1 fully saturated rings. The molecule has 3 nitrogen and oxygen atoms in total. The van der Waals surface area contributed by atoms with Gasteiger partial charge < -0.3 is 5.32 Å². The Kier molecular flexibility index (Phi) is 3.71. The molecule has 17 heavy (non-hydrogen) atoms. The monoisotopic (exact) mass is 253 g/mol. The number of aromatic nitrogens is 2. The van der Waals surface area contributed by atoms with Gasteiger partial charge in [-0.2, -0.15) is 4.37 Å². The van der Waals surface area contributed by atoms with E-state index < -0.39 is 0 Å². The zero-order valence-corrected chi connectivity index (χ0v) is 12.1. The van der Waals surface area contributed by atoms with Gasteiger partial charge in [0.15, 0.2) is 0 Å². The summed E-state index contributed by atoms with van der Waals surface area (Å²) in [5, 5.41) is 4.43. The Morgan fingerprint density at radius 2 is 2.12 bits per heavy atom. The van der Waals surface area contributed by atoms with Crippen molar-refractivity contribution in [3.05, 3.63) is 5.82 Å². The van der Waals surface area contributed by atoms with Gasteiger partial charge in [-0.05, 0) is 24.7 Å². The third-order valence-corrected chi connectivity index (χ3v) is 4.12. The molecule has 1 N–H and O–H groups in total. The maximum absolute atomic E-state index is 4.56. The summed E-state index contributed by atoms with van der Waals surface area (Å²) in [6, 6.07) is 0. The van der Waals surface area contributed by atoms with Crippen molar-refractivity contribution in [2.45, 2.75) is 52.4 Å². The van der Waals surface area contributed by atoms with E-state index in [1.54, 1.807) is 0 Å². The van der Waals surface area contributed by atoms with Crippen molar-refractivity contribution in [2.75, 3.05) is 11.9 Å². The molecular formula is C13H23N3S. The van der Waals surface area contributed by atoms with Crippen molar-refractivity contribution >= 4 is 16.7 Å². The van der Waals surface area contributed by atoms with E-state index in [2.05, 4.69) is 42.4 Å². The number of anilines is 1. The molecule has 4 heteroatoms. The highest BCUT2D eigenvalue weighted by molar-refractivity contribution is 7.09. The predicted octanol–water partition coefficient (Wildman–Crippen LogP) is 3.68. The topological polar surface area (TPSA) is 37.8 Å². The minimum Gasteiger partial charge on any atom is -0.360 e. The predicted molar refractivity (Wildman–Crippen MR) is 73.6 cm³/mol. The molecule has 0 spiro atoms. The Bertz CT molecular complexity index is 367. The fraction of sp³-hybridized carbons (Fsp3) is 0.846. The van der Waals surface area contributed by atoms with Crippen LogP contribution in [-0.2, 0) is 5.41 Å². The SMILES string of the molecule is CC1CCC(CNc2nc(C(C)(C)C)ns2)C1. The summed E-state index contributed by atoms with van der Waals surface area (Å²) >= 11 is 1.49. The van der Waals surface area contributed by atoms with Gasteiger partial charge in [-0.3, -0.25) is 0 Å². The van der Waals surface area contributed by atoms with Crippen molar-refractivity contribution in [3.8, 4) is 0 Å². The zero-order valence-electron chi connectivity index (χ0n) is 11.3. The van der Waals surface area contributed by atoms with Crippen LogP contribution in [0.5, 0.6) is 0 Å². The number of nitrogens with one attached hydrogen (secondary N) is 1. The lowest BCUT2D eigenvalue weighted by Gasteiger charge is -2.12. The van der Waals surface area contributed by atoms with Crippen LogP contribution >= 0.6 is 11.5 Å². The van der Waals surface area contributed by atoms with E-state index in [9.17, 15) is 0 Å². The van der Waals surface area contributed by atoms with Crippen molar-refractivity contribution in [1.82, 2.24) is 9.36 Å². The second-order valence-corrected chi connectivity index (χ2v) is 7.09. The van der Waals surface area contributed by atoms with Crippen LogP contribution in [0, 0.1) is 11.8 Å². The summed E-state index contributed by atoms with van der Waals surface area (Å²) < 4.78 is 4.42. The Labute approximate surface area is 108 Å². The Morgan fingerprint density at radius 1 is 1.35 bits per heavy atom. The summed E-state index contributed by atoms with van der Waals surface area (Å²) in [5.74, 6) is 2.68. The summed E-state index contributed by atoms with van der Waals surface area (Å²) in [4.78, 5) is 4.56. The van der Waals surface area contributed by atoms with Gasteiger partial charge in [0, 0.05) is 23.5 Å². The second-order valence-electron chi connectivity index (χ2n) is 6.34. The summed E-state index contributed by atoms with van der Waals surface area (Å²) in [6.45, 7) is 9.86. The fourth-order valence-electron chi connectivity index (χ4n) is 2.34. The Morgan fingerprint density at radius 3 is 2.65 bits per heavy atom. The van der Waals surface area contributed by atoms with E-state index >= 15 is 0 Å². The van der Waals surface area contributed by atoms with Gasteiger partial charge in [0.1, 0.15) is 5.82 Å². The highest BCUT2D eigenvalue weighted by atomic mass is 32.1. The zero-order chi connectivity index (χ0) is 12.5. The summed E-state index contributed by atoms with van der Waals surface area (Å²) in [5.41, 5.74) is 0.0539. The van der Waals surface area contributed by atoms with Crippen LogP contribution in [0.4, 0.5) is 5.13 Å². The molecule has 1 aromatic rings. The average molecular weight is 253 g/mol. The first kappa shape index (κ1) is 12.8. The van der Waals surface area contributed by atoms with Gasteiger partial charge in [0.05, 0.1) is 0 Å². The maximum Gasteiger partial charge on any atom is 0.202 e. The smallest absolute Gasteiger partial charge is 0.202 e. The number of hydrogen-bond acceptors (Lipinski definition) is 4. The first-order valence-corrected chi connectivity index (χ1v) is 7.30. The molecule has 1 aliphatic carbocycles. The first-order valence-electron chi connectivity index (χ1n) is 6.53. The molecule has 0 saturated heterocycles. The minimum absolute atomic E-state index is 0.0539. The van der Waals surface area contributed by atoms with Crippen molar-refractivity contribution < 1.29 is 0 Å². The van der Waals surface area contributed by atoms with Gasteiger partial charge in [-0.1, -0.05) is 34.1 Å². The fourth-order valence-corrected chi connectivity index (χ4v) is 3.10. The second kappa shape index (κ2) is 4.92. The summed E-state index contributed by atoms with van der Waals surface area (Å²) in [7, 11) is 0. The van der Waals surface area contributed by atoms with Crippen LogP contribution in [0.3, 0.4) is 0 Å². The van der Waals surface area contributed by atoms with Crippen LogP contribution in [-0.4, -0.2) is 15.9 Å². The molecule has 0 bridgehead atoms. The van der Waals surface area contributed by atoms with Crippen molar-refractivity contribution in [2.24, 2.45) is 11.8 Å². The van der Waals surface area contributed by atoms with E-state index in [0.29, 0.717) is 0 Å². The van der Waals surface area contributed by atoms with E-state index in [4.69, 9.17) is 0 Å². The quantitative estimate of drug-likeness (QED) is 0.893. The highest BCUT2D eigenvalue weighted by Crippen LogP contribution is 2.30. The number of rotatable bonds is 3. The van der Waals surface area contributed by atoms with Crippen LogP contribution in [0.2, 0.25) is 0 Å². The lowest BCUT2D eigenvalue weighted by atomic mass is 9.96. The average Bonchev–Trinajstić information content (AvgIpc) is 2.82. The van der Waals surface area contributed by atoms with Gasteiger partial charge in [0.2, 0.25) is 5.13 Å². The normalized spacial score (nSPS) is 25.2. The van der Waals surface area contributed by atoms with E-state index in [-0.39, 0.29) is 5.41 Å². The van der Waals surface area contributed by atoms with Crippen LogP contribution in [0.25, 0.3) is 0 Å². The van der Waals surface area contributed by atoms with Gasteiger partial charge in [-0.25, -0.2) is 4.98 Å². The highest BCUT2D eigenvalue weighted by Gasteiger charge is 2.22. The molecule has 2 unspecified atom stereocenters. The number of hydrogen-bond donors (Lipinski definition) is 1. The van der Waals surface area contributed by atoms with Gasteiger partial charge in [-0.15, -0.1) is 0 Å². The maximum atomic E-state index is 4.56. The van der Waals surface area contributed by atoms with Gasteiger partial charge in [0.25, 0.3) is 0 Å². The molecule has 1 saturated carbocycles. The molecule has 2 rings (SSSR count). The molecule has 0 aliphatic heterocycles. The Hall–Kier alpha value is -0.640. The minimum atomic E-state index is 0.0539. The molecule has 0 aromatic carbocycles. The third kappa shape index (κ3) is 3.41. The van der Waals surface area contributed by atoms with Crippen LogP contribution in [0.1, 0.15) is 52.8 Å².